The van der Waals surface area contributed by atoms with E-state index < -0.39 is 40.0 Å². The van der Waals surface area contributed by atoms with Gasteiger partial charge in [-0.2, -0.15) is 13.2 Å². The van der Waals surface area contributed by atoms with E-state index in [-0.39, 0.29) is 0 Å². The van der Waals surface area contributed by atoms with Crippen LogP contribution >= 0.6 is 0 Å². The summed E-state index contributed by atoms with van der Waals surface area (Å²) < 4.78 is 62.3. The lowest BCUT2D eigenvalue weighted by Crippen LogP contribution is -2.15. The second-order valence-electron chi connectivity index (χ2n) is 3.11. The van der Waals surface area contributed by atoms with E-state index in [1.54, 1.807) is 0 Å². The lowest BCUT2D eigenvalue weighted by atomic mass is 10.1. The summed E-state index contributed by atoms with van der Waals surface area (Å²) in [5.74, 6) is 0. The number of alkyl halides is 5. The highest BCUT2D eigenvalue weighted by atomic mass is 19.4. The molecular formula is C8H5F5N2O2. The molecule has 0 fully saturated rings. The maximum atomic E-state index is 12.5. The minimum atomic E-state index is -5.26. The van der Waals surface area contributed by atoms with Crippen LogP contribution in [0.2, 0.25) is 0 Å². The molecule has 1 rings (SSSR count). The Morgan fingerprint density at radius 2 is 1.94 bits per heavy atom. The number of rotatable bonds is 2. The summed E-state index contributed by atoms with van der Waals surface area (Å²) in [7, 11) is 0. The molecule has 4 nitrogen and oxygen atoms in total. The average molecular weight is 256 g/mol. The molecule has 1 heterocycles. The van der Waals surface area contributed by atoms with Crippen molar-refractivity contribution in [3.63, 3.8) is 0 Å². The molecule has 0 aliphatic heterocycles. The van der Waals surface area contributed by atoms with E-state index in [0.29, 0.717) is 6.20 Å². The fourth-order valence-corrected chi connectivity index (χ4v) is 1.29. The van der Waals surface area contributed by atoms with Crippen molar-refractivity contribution >= 4 is 5.69 Å². The summed E-state index contributed by atoms with van der Waals surface area (Å²) in [6.07, 6.45) is -8.17. The van der Waals surface area contributed by atoms with Crippen LogP contribution in [0.4, 0.5) is 27.6 Å². The SMILES string of the molecule is Cc1cnc(C(F)F)c(C(F)(F)F)c1[N+](=O)[O-]. The Balaban J connectivity index is 3.68. The van der Waals surface area contributed by atoms with Crippen LogP contribution in [0, 0.1) is 17.0 Å². The number of hydrogen-bond acceptors (Lipinski definition) is 3. The van der Waals surface area contributed by atoms with Gasteiger partial charge in [0.15, 0.2) is 5.56 Å². The Labute approximate surface area is 91.2 Å². The topological polar surface area (TPSA) is 56.0 Å². The Morgan fingerprint density at radius 3 is 2.29 bits per heavy atom. The van der Waals surface area contributed by atoms with Gasteiger partial charge in [0, 0.05) is 11.8 Å². The van der Waals surface area contributed by atoms with Crippen molar-refractivity contribution in [3.05, 3.63) is 33.1 Å². The lowest BCUT2D eigenvalue weighted by Gasteiger charge is -2.12. The fourth-order valence-electron chi connectivity index (χ4n) is 1.29. The summed E-state index contributed by atoms with van der Waals surface area (Å²) >= 11 is 0. The van der Waals surface area contributed by atoms with Crippen molar-refractivity contribution in [2.45, 2.75) is 19.5 Å². The van der Waals surface area contributed by atoms with E-state index in [0.717, 1.165) is 6.92 Å². The molecule has 0 spiro atoms. The maximum Gasteiger partial charge on any atom is 0.425 e. The highest BCUT2D eigenvalue weighted by Gasteiger charge is 2.44. The largest absolute Gasteiger partial charge is 0.425 e. The van der Waals surface area contributed by atoms with Crippen LogP contribution in [0.25, 0.3) is 0 Å². The molecule has 0 aromatic carbocycles. The highest BCUT2D eigenvalue weighted by Crippen LogP contribution is 2.42. The molecule has 94 valence electrons. The molecule has 0 saturated carbocycles. The summed E-state index contributed by atoms with van der Waals surface area (Å²) in [4.78, 5) is 12.1. The smallest absolute Gasteiger partial charge is 0.258 e. The van der Waals surface area contributed by atoms with E-state index in [1.807, 2.05) is 0 Å². The number of hydrogen-bond donors (Lipinski definition) is 0. The average Bonchev–Trinajstić information content (AvgIpc) is 2.14. The second-order valence-corrected chi connectivity index (χ2v) is 3.11. The van der Waals surface area contributed by atoms with Crippen molar-refractivity contribution in [2.75, 3.05) is 0 Å². The van der Waals surface area contributed by atoms with Gasteiger partial charge >= 0.3 is 6.18 Å². The van der Waals surface area contributed by atoms with Crippen LogP contribution in [-0.4, -0.2) is 9.91 Å². The maximum absolute atomic E-state index is 12.5. The molecule has 0 aliphatic rings. The molecule has 9 heteroatoms. The molecule has 1 aromatic rings. The molecule has 0 atom stereocenters. The van der Waals surface area contributed by atoms with Gasteiger partial charge in [-0.25, -0.2) is 8.78 Å². The minimum absolute atomic E-state index is 0.424. The Morgan fingerprint density at radius 1 is 1.41 bits per heavy atom. The fraction of sp³-hybridized carbons (Fsp3) is 0.375. The monoisotopic (exact) mass is 256 g/mol. The first kappa shape index (κ1) is 13.3. The predicted molar refractivity (Wildman–Crippen MR) is 45.6 cm³/mol. The van der Waals surface area contributed by atoms with Crippen LogP contribution in [0.15, 0.2) is 6.20 Å². The zero-order valence-electron chi connectivity index (χ0n) is 8.26. The van der Waals surface area contributed by atoms with Crippen LogP contribution in [0.1, 0.15) is 23.2 Å². The second kappa shape index (κ2) is 4.22. The molecular weight excluding hydrogens is 251 g/mol. The normalized spacial score (nSPS) is 11.9. The zero-order chi connectivity index (χ0) is 13.4. The predicted octanol–water partition coefficient (Wildman–Crippen LogP) is 3.25. The summed E-state index contributed by atoms with van der Waals surface area (Å²) in [6.45, 7) is 0.996. The van der Waals surface area contributed by atoms with Crippen molar-refractivity contribution in [3.8, 4) is 0 Å². The number of aromatic nitrogens is 1. The van der Waals surface area contributed by atoms with Crippen LogP contribution in [0.5, 0.6) is 0 Å². The molecule has 0 aliphatic carbocycles. The molecule has 0 saturated heterocycles. The van der Waals surface area contributed by atoms with Gasteiger partial charge in [0.1, 0.15) is 5.69 Å². The van der Waals surface area contributed by atoms with Gasteiger partial charge in [-0.1, -0.05) is 0 Å². The highest BCUT2D eigenvalue weighted by molar-refractivity contribution is 5.50. The summed E-state index contributed by atoms with van der Waals surface area (Å²) in [5, 5.41) is 10.5. The van der Waals surface area contributed by atoms with Crippen LogP contribution in [-0.2, 0) is 6.18 Å². The Hall–Kier alpha value is -1.80. The van der Waals surface area contributed by atoms with E-state index in [4.69, 9.17) is 0 Å². The van der Waals surface area contributed by atoms with Gasteiger partial charge in [0.2, 0.25) is 0 Å². The lowest BCUT2D eigenvalue weighted by molar-refractivity contribution is -0.388. The standard InChI is InChI=1S/C8H5F5N2O2/c1-3-2-14-5(7(9)10)4(8(11,12)13)6(3)15(16)17/h2,7H,1H3. The van der Waals surface area contributed by atoms with Gasteiger partial charge in [0.25, 0.3) is 12.1 Å². The van der Waals surface area contributed by atoms with Gasteiger partial charge in [-0.05, 0) is 6.92 Å². The first-order chi connectivity index (χ1) is 7.66. The summed E-state index contributed by atoms with van der Waals surface area (Å²) in [5.41, 5.74) is -5.43. The molecule has 0 unspecified atom stereocenters. The zero-order valence-corrected chi connectivity index (χ0v) is 8.26. The Kier molecular flexibility index (Phi) is 3.30. The number of pyridine rings is 1. The van der Waals surface area contributed by atoms with Gasteiger partial charge in [0.05, 0.1) is 4.92 Å². The van der Waals surface area contributed by atoms with E-state index in [1.165, 1.54) is 0 Å². The van der Waals surface area contributed by atoms with Gasteiger partial charge in [-0.15, -0.1) is 0 Å². The van der Waals surface area contributed by atoms with E-state index >= 15 is 0 Å². The van der Waals surface area contributed by atoms with Gasteiger partial charge in [-0.3, -0.25) is 15.1 Å². The van der Waals surface area contributed by atoms with Crippen LogP contribution < -0.4 is 0 Å². The first-order valence-electron chi connectivity index (χ1n) is 4.15. The third-order valence-corrected chi connectivity index (χ3v) is 1.94. The quantitative estimate of drug-likeness (QED) is 0.463. The van der Waals surface area contributed by atoms with E-state index in [2.05, 4.69) is 4.98 Å². The number of nitro groups is 1. The van der Waals surface area contributed by atoms with Gasteiger partial charge < -0.3 is 0 Å². The molecule has 0 N–H and O–H groups in total. The number of aryl methyl sites for hydroxylation is 1. The van der Waals surface area contributed by atoms with Crippen molar-refractivity contribution in [1.82, 2.24) is 4.98 Å². The van der Waals surface area contributed by atoms with Crippen LogP contribution in [0.3, 0.4) is 0 Å². The molecule has 17 heavy (non-hydrogen) atoms. The third kappa shape index (κ3) is 2.48. The van der Waals surface area contributed by atoms with Crippen molar-refractivity contribution in [2.24, 2.45) is 0 Å². The first-order valence-corrected chi connectivity index (χ1v) is 4.15. The Bertz CT molecular complexity index is 458. The number of halogens is 5. The minimum Gasteiger partial charge on any atom is -0.258 e. The van der Waals surface area contributed by atoms with E-state index in [9.17, 15) is 32.1 Å². The molecule has 1 aromatic heterocycles. The molecule has 0 radical (unpaired) electrons. The molecule has 0 bridgehead atoms. The molecule has 0 amide bonds. The summed E-state index contributed by atoms with van der Waals surface area (Å²) in [6, 6.07) is 0. The van der Waals surface area contributed by atoms with Crippen molar-refractivity contribution in [1.29, 1.82) is 0 Å². The number of nitrogens with zero attached hydrogens (tertiary/aromatic N) is 2. The van der Waals surface area contributed by atoms with Crippen molar-refractivity contribution < 1.29 is 26.9 Å². The third-order valence-electron chi connectivity index (χ3n) is 1.94.